The highest BCUT2D eigenvalue weighted by atomic mass is 16.2. The van der Waals surface area contributed by atoms with E-state index in [1.807, 2.05) is 51.2 Å². The predicted octanol–water partition coefficient (Wildman–Crippen LogP) is 2.40. The summed E-state index contributed by atoms with van der Waals surface area (Å²) in [6.07, 6.45) is 1.63. The largest absolute Gasteiger partial charge is 0.309 e. The monoisotopic (exact) mass is 243 g/mol. The first-order chi connectivity index (χ1) is 8.65. The van der Waals surface area contributed by atoms with Crippen molar-refractivity contribution < 1.29 is 4.79 Å². The first kappa shape index (κ1) is 12.4. The molecule has 0 spiro atoms. The van der Waals surface area contributed by atoms with E-state index in [4.69, 9.17) is 0 Å². The summed E-state index contributed by atoms with van der Waals surface area (Å²) >= 11 is 0. The van der Waals surface area contributed by atoms with Gasteiger partial charge in [-0.1, -0.05) is 18.2 Å². The molecular weight excluding hydrogens is 226 g/mol. The fourth-order valence-corrected chi connectivity index (χ4v) is 1.91. The van der Waals surface area contributed by atoms with Crippen molar-refractivity contribution in [3.8, 4) is 0 Å². The van der Waals surface area contributed by atoms with Crippen molar-refractivity contribution in [3.05, 3.63) is 47.8 Å². The highest BCUT2D eigenvalue weighted by Crippen LogP contribution is 2.17. The number of hydrogen-bond donors (Lipinski definition) is 0. The summed E-state index contributed by atoms with van der Waals surface area (Å²) < 4.78 is 1.71. The lowest BCUT2D eigenvalue weighted by molar-refractivity contribution is 0.0987. The number of para-hydroxylation sites is 1. The summed E-state index contributed by atoms with van der Waals surface area (Å²) in [5, 5.41) is 4.12. The van der Waals surface area contributed by atoms with Gasteiger partial charge in [0.25, 0.3) is 5.91 Å². The first-order valence-corrected chi connectivity index (χ1v) is 6.00. The van der Waals surface area contributed by atoms with Crippen LogP contribution in [0, 0.1) is 6.92 Å². The Bertz CT molecular complexity index is 545. The molecule has 0 radical (unpaired) electrons. The molecule has 1 amide bonds. The zero-order valence-corrected chi connectivity index (χ0v) is 10.9. The number of rotatable bonds is 3. The maximum atomic E-state index is 12.5. The summed E-state index contributed by atoms with van der Waals surface area (Å²) in [6.45, 7) is 4.51. The maximum absolute atomic E-state index is 12.5. The molecular formula is C14H17N3O. The van der Waals surface area contributed by atoms with Crippen LogP contribution in [0.1, 0.15) is 23.0 Å². The van der Waals surface area contributed by atoms with Crippen LogP contribution in [0.5, 0.6) is 0 Å². The van der Waals surface area contributed by atoms with Gasteiger partial charge in [-0.2, -0.15) is 5.10 Å². The van der Waals surface area contributed by atoms with E-state index >= 15 is 0 Å². The second-order valence-electron chi connectivity index (χ2n) is 4.15. The van der Waals surface area contributed by atoms with Crippen LogP contribution in [-0.2, 0) is 7.05 Å². The molecule has 4 heteroatoms. The molecule has 2 rings (SSSR count). The summed E-state index contributed by atoms with van der Waals surface area (Å²) in [5.74, 6) is -0.00528. The summed E-state index contributed by atoms with van der Waals surface area (Å²) in [7, 11) is 1.84. The molecule has 0 atom stereocenters. The lowest BCUT2D eigenvalue weighted by atomic mass is 10.2. The Morgan fingerprint density at radius 2 is 2.00 bits per heavy atom. The third-order valence-electron chi connectivity index (χ3n) is 3.09. The van der Waals surface area contributed by atoms with E-state index in [1.165, 1.54) is 0 Å². The Morgan fingerprint density at radius 3 is 2.50 bits per heavy atom. The van der Waals surface area contributed by atoms with E-state index in [1.54, 1.807) is 15.8 Å². The standard InChI is InChI=1S/C14H17N3O/c1-4-17(12-8-6-5-7-9-12)14(18)13-10-15-16(3)11(13)2/h5-10H,4H2,1-3H3. The first-order valence-electron chi connectivity index (χ1n) is 6.00. The van der Waals surface area contributed by atoms with Crippen molar-refractivity contribution in [1.82, 2.24) is 9.78 Å². The Kier molecular flexibility index (Phi) is 3.46. The van der Waals surface area contributed by atoms with Crippen molar-refractivity contribution in [2.75, 3.05) is 11.4 Å². The smallest absolute Gasteiger partial charge is 0.261 e. The number of carbonyl (C=O) groups excluding carboxylic acids is 1. The minimum atomic E-state index is -0.00528. The summed E-state index contributed by atoms with van der Waals surface area (Å²) in [6, 6.07) is 9.68. The zero-order chi connectivity index (χ0) is 13.1. The van der Waals surface area contributed by atoms with Crippen LogP contribution in [0.2, 0.25) is 0 Å². The van der Waals surface area contributed by atoms with Gasteiger partial charge in [0.1, 0.15) is 0 Å². The van der Waals surface area contributed by atoms with E-state index in [2.05, 4.69) is 5.10 Å². The van der Waals surface area contributed by atoms with Gasteiger partial charge in [-0.05, 0) is 26.0 Å². The third-order valence-corrected chi connectivity index (χ3v) is 3.09. The molecule has 0 saturated carbocycles. The van der Waals surface area contributed by atoms with Gasteiger partial charge in [0.15, 0.2) is 0 Å². The van der Waals surface area contributed by atoms with Crippen molar-refractivity contribution >= 4 is 11.6 Å². The molecule has 0 aliphatic rings. The number of aryl methyl sites for hydroxylation is 1. The number of anilines is 1. The summed E-state index contributed by atoms with van der Waals surface area (Å²) in [4.78, 5) is 14.2. The number of aromatic nitrogens is 2. The normalized spacial score (nSPS) is 10.4. The Morgan fingerprint density at radius 1 is 1.33 bits per heavy atom. The average molecular weight is 243 g/mol. The van der Waals surface area contributed by atoms with Gasteiger partial charge < -0.3 is 4.90 Å². The lowest BCUT2D eigenvalue weighted by Gasteiger charge is -2.20. The second-order valence-corrected chi connectivity index (χ2v) is 4.15. The number of hydrogen-bond acceptors (Lipinski definition) is 2. The van der Waals surface area contributed by atoms with Gasteiger partial charge in [-0.15, -0.1) is 0 Å². The predicted molar refractivity (Wildman–Crippen MR) is 71.7 cm³/mol. The van der Waals surface area contributed by atoms with Gasteiger partial charge in [0.2, 0.25) is 0 Å². The van der Waals surface area contributed by atoms with Gasteiger partial charge in [0.05, 0.1) is 11.8 Å². The minimum Gasteiger partial charge on any atom is -0.309 e. The van der Waals surface area contributed by atoms with Crippen LogP contribution in [0.3, 0.4) is 0 Å². The highest BCUT2D eigenvalue weighted by Gasteiger charge is 2.19. The molecule has 0 bridgehead atoms. The minimum absolute atomic E-state index is 0.00528. The molecule has 0 N–H and O–H groups in total. The Labute approximate surface area is 107 Å². The van der Waals surface area contributed by atoms with Gasteiger partial charge in [0, 0.05) is 25.0 Å². The molecule has 1 aromatic carbocycles. The highest BCUT2D eigenvalue weighted by molar-refractivity contribution is 6.06. The average Bonchev–Trinajstić information content (AvgIpc) is 2.72. The quantitative estimate of drug-likeness (QED) is 0.830. The van der Waals surface area contributed by atoms with Crippen LogP contribution < -0.4 is 4.90 Å². The SMILES string of the molecule is CCN(C(=O)c1cnn(C)c1C)c1ccccc1. The van der Waals surface area contributed by atoms with E-state index in [0.29, 0.717) is 12.1 Å². The van der Waals surface area contributed by atoms with E-state index < -0.39 is 0 Å². The molecule has 0 unspecified atom stereocenters. The van der Waals surface area contributed by atoms with Crippen LogP contribution >= 0.6 is 0 Å². The maximum Gasteiger partial charge on any atom is 0.261 e. The summed E-state index contributed by atoms with van der Waals surface area (Å²) in [5.41, 5.74) is 2.45. The number of carbonyl (C=O) groups is 1. The molecule has 1 aromatic heterocycles. The molecule has 0 aliphatic heterocycles. The third kappa shape index (κ3) is 2.14. The molecule has 18 heavy (non-hydrogen) atoms. The molecule has 0 saturated heterocycles. The topological polar surface area (TPSA) is 38.1 Å². The van der Waals surface area contributed by atoms with Crippen molar-refractivity contribution in [3.63, 3.8) is 0 Å². The molecule has 0 aliphatic carbocycles. The van der Waals surface area contributed by atoms with Crippen LogP contribution in [0.4, 0.5) is 5.69 Å². The number of nitrogens with zero attached hydrogens (tertiary/aromatic N) is 3. The van der Waals surface area contributed by atoms with Crippen molar-refractivity contribution in [1.29, 1.82) is 0 Å². The van der Waals surface area contributed by atoms with Crippen LogP contribution in [0.15, 0.2) is 36.5 Å². The molecule has 94 valence electrons. The fraction of sp³-hybridized carbons (Fsp3) is 0.286. The zero-order valence-electron chi connectivity index (χ0n) is 10.9. The van der Waals surface area contributed by atoms with E-state index in [9.17, 15) is 4.79 Å². The van der Waals surface area contributed by atoms with Crippen LogP contribution in [-0.4, -0.2) is 22.2 Å². The number of amides is 1. The molecule has 0 fully saturated rings. The van der Waals surface area contributed by atoms with E-state index in [0.717, 1.165) is 11.4 Å². The van der Waals surface area contributed by atoms with Gasteiger partial charge in [-0.3, -0.25) is 9.48 Å². The Hall–Kier alpha value is -2.10. The van der Waals surface area contributed by atoms with Crippen LogP contribution in [0.25, 0.3) is 0 Å². The van der Waals surface area contributed by atoms with Crippen molar-refractivity contribution in [2.24, 2.45) is 7.05 Å². The molecule has 4 nitrogen and oxygen atoms in total. The number of benzene rings is 1. The van der Waals surface area contributed by atoms with Crippen molar-refractivity contribution in [2.45, 2.75) is 13.8 Å². The lowest BCUT2D eigenvalue weighted by Crippen LogP contribution is -2.30. The fourth-order valence-electron chi connectivity index (χ4n) is 1.91. The van der Waals surface area contributed by atoms with E-state index in [-0.39, 0.29) is 5.91 Å². The molecule has 2 aromatic rings. The van der Waals surface area contributed by atoms with Gasteiger partial charge in [-0.25, -0.2) is 0 Å². The molecule has 1 heterocycles. The second kappa shape index (κ2) is 5.04. The van der Waals surface area contributed by atoms with Gasteiger partial charge >= 0.3 is 0 Å². The Balaban J connectivity index is 2.35.